The Bertz CT molecular complexity index is 925. The third-order valence-corrected chi connectivity index (χ3v) is 5.26. The van der Waals surface area contributed by atoms with Crippen LogP contribution in [0.1, 0.15) is 58.2 Å². The van der Waals surface area contributed by atoms with Crippen molar-refractivity contribution < 1.29 is 14.6 Å². The minimum absolute atomic E-state index is 0.187. The number of rotatable bonds is 5. The molecule has 0 fully saturated rings. The van der Waals surface area contributed by atoms with E-state index in [0.29, 0.717) is 21.0 Å². The number of benzene rings is 2. The standard InChI is InChI=1S/C23H28BrClN2O3/c1-22(2,3)16-9-14(10-17(21(16)29)23(4,5)6)12-26-27-20(28)13-30-19-8-7-15(25)11-18(19)24/h7-12,29H,13H2,1-6H3,(H,27,28)/b26-12+. The molecule has 1 amide bonds. The highest BCUT2D eigenvalue weighted by molar-refractivity contribution is 9.10. The average molecular weight is 496 g/mol. The molecule has 0 unspecified atom stereocenters. The number of amides is 1. The topological polar surface area (TPSA) is 70.9 Å². The molecule has 0 radical (unpaired) electrons. The van der Waals surface area contributed by atoms with E-state index in [2.05, 4.69) is 26.5 Å². The van der Waals surface area contributed by atoms with Crippen LogP contribution < -0.4 is 10.2 Å². The van der Waals surface area contributed by atoms with E-state index < -0.39 is 0 Å². The summed E-state index contributed by atoms with van der Waals surface area (Å²) in [5, 5.41) is 15.4. The fraction of sp³-hybridized carbons (Fsp3) is 0.391. The van der Waals surface area contributed by atoms with Gasteiger partial charge in [0.25, 0.3) is 5.91 Å². The maximum absolute atomic E-state index is 12.1. The summed E-state index contributed by atoms with van der Waals surface area (Å²) >= 11 is 9.24. The maximum Gasteiger partial charge on any atom is 0.277 e. The quantitative estimate of drug-likeness (QED) is 0.399. The van der Waals surface area contributed by atoms with Crippen LogP contribution in [-0.4, -0.2) is 23.8 Å². The van der Waals surface area contributed by atoms with Gasteiger partial charge >= 0.3 is 0 Å². The Hall–Kier alpha value is -2.05. The Labute approximate surface area is 191 Å². The first-order valence-corrected chi connectivity index (χ1v) is 10.7. The zero-order valence-corrected chi connectivity index (χ0v) is 20.5. The fourth-order valence-corrected chi connectivity index (χ4v) is 3.62. The summed E-state index contributed by atoms with van der Waals surface area (Å²) < 4.78 is 6.14. The molecule has 2 N–H and O–H groups in total. The van der Waals surface area contributed by atoms with Crippen molar-refractivity contribution >= 4 is 39.7 Å². The van der Waals surface area contributed by atoms with Crippen LogP contribution in [0.25, 0.3) is 0 Å². The zero-order valence-electron chi connectivity index (χ0n) is 18.1. The number of aromatic hydroxyl groups is 1. The Morgan fingerprint density at radius 1 is 1.13 bits per heavy atom. The van der Waals surface area contributed by atoms with Crippen molar-refractivity contribution in [1.29, 1.82) is 0 Å². The highest BCUT2D eigenvalue weighted by Crippen LogP contribution is 2.39. The molecular weight excluding hydrogens is 468 g/mol. The molecule has 0 aliphatic carbocycles. The Morgan fingerprint density at radius 3 is 2.20 bits per heavy atom. The van der Waals surface area contributed by atoms with E-state index in [-0.39, 0.29) is 23.3 Å². The van der Waals surface area contributed by atoms with E-state index in [1.807, 2.05) is 53.7 Å². The molecule has 0 saturated heterocycles. The Balaban J connectivity index is 2.12. The summed E-state index contributed by atoms with van der Waals surface area (Å²) in [5.41, 5.74) is 4.45. The van der Waals surface area contributed by atoms with Crippen molar-refractivity contribution in [2.24, 2.45) is 5.10 Å². The molecule has 0 aliphatic heterocycles. The minimum atomic E-state index is -0.390. The zero-order chi connectivity index (χ0) is 22.7. The molecule has 0 bridgehead atoms. The summed E-state index contributed by atoms with van der Waals surface area (Å²) in [6.45, 7) is 12.1. The van der Waals surface area contributed by atoms with Crippen molar-refractivity contribution in [2.75, 3.05) is 6.61 Å². The lowest BCUT2D eigenvalue weighted by Gasteiger charge is -2.27. The third kappa shape index (κ3) is 6.47. The smallest absolute Gasteiger partial charge is 0.277 e. The van der Waals surface area contributed by atoms with Crippen molar-refractivity contribution in [1.82, 2.24) is 5.43 Å². The Kier molecular flexibility index (Phi) is 7.59. The molecule has 0 heterocycles. The maximum atomic E-state index is 12.1. The number of phenols is 1. The van der Waals surface area contributed by atoms with Gasteiger partial charge in [-0.1, -0.05) is 53.1 Å². The molecule has 0 aliphatic rings. The molecule has 162 valence electrons. The van der Waals surface area contributed by atoms with Crippen LogP contribution in [-0.2, 0) is 15.6 Å². The summed E-state index contributed by atoms with van der Waals surface area (Å²) in [6.07, 6.45) is 1.57. The molecule has 0 atom stereocenters. The van der Waals surface area contributed by atoms with Gasteiger partial charge in [-0.05, 0) is 62.7 Å². The molecule has 0 aromatic heterocycles. The average Bonchev–Trinajstić information content (AvgIpc) is 2.60. The number of hydrogen-bond acceptors (Lipinski definition) is 4. The second-order valence-corrected chi connectivity index (χ2v) is 10.4. The number of hydrazone groups is 1. The number of carbonyl (C=O) groups is 1. The number of ether oxygens (including phenoxy) is 1. The van der Waals surface area contributed by atoms with E-state index in [9.17, 15) is 9.90 Å². The van der Waals surface area contributed by atoms with Gasteiger partial charge in [0.05, 0.1) is 10.7 Å². The van der Waals surface area contributed by atoms with E-state index in [1.54, 1.807) is 24.4 Å². The van der Waals surface area contributed by atoms with Crippen LogP contribution in [0.15, 0.2) is 39.9 Å². The van der Waals surface area contributed by atoms with Crippen LogP contribution in [0.4, 0.5) is 0 Å². The Morgan fingerprint density at radius 2 is 1.70 bits per heavy atom. The van der Waals surface area contributed by atoms with E-state index in [0.717, 1.165) is 16.7 Å². The van der Waals surface area contributed by atoms with Crippen LogP contribution >= 0.6 is 27.5 Å². The van der Waals surface area contributed by atoms with Crippen LogP contribution in [0.2, 0.25) is 5.02 Å². The molecule has 2 rings (SSSR count). The van der Waals surface area contributed by atoms with Gasteiger partial charge in [0, 0.05) is 16.1 Å². The van der Waals surface area contributed by atoms with Crippen molar-refractivity contribution in [3.05, 3.63) is 56.5 Å². The number of halogens is 2. The van der Waals surface area contributed by atoms with Gasteiger partial charge in [-0.2, -0.15) is 5.10 Å². The molecule has 0 saturated carbocycles. The van der Waals surface area contributed by atoms with Gasteiger partial charge in [0.2, 0.25) is 0 Å². The monoisotopic (exact) mass is 494 g/mol. The largest absolute Gasteiger partial charge is 0.507 e. The van der Waals surface area contributed by atoms with Crippen LogP contribution in [0.3, 0.4) is 0 Å². The van der Waals surface area contributed by atoms with Gasteiger partial charge < -0.3 is 9.84 Å². The van der Waals surface area contributed by atoms with E-state index in [4.69, 9.17) is 16.3 Å². The summed E-state index contributed by atoms with van der Waals surface area (Å²) in [4.78, 5) is 12.1. The van der Waals surface area contributed by atoms with Crippen LogP contribution in [0.5, 0.6) is 11.5 Å². The summed E-state index contributed by atoms with van der Waals surface area (Å²) in [7, 11) is 0. The molecule has 30 heavy (non-hydrogen) atoms. The normalized spacial score (nSPS) is 12.3. The first-order valence-electron chi connectivity index (χ1n) is 9.57. The fourth-order valence-electron chi connectivity index (χ4n) is 2.82. The molecule has 0 spiro atoms. The van der Waals surface area contributed by atoms with Gasteiger partial charge in [-0.15, -0.1) is 0 Å². The molecular formula is C23H28BrClN2O3. The first kappa shape index (κ1) is 24.2. The second kappa shape index (κ2) is 9.40. The highest BCUT2D eigenvalue weighted by Gasteiger charge is 2.26. The van der Waals surface area contributed by atoms with Crippen molar-refractivity contribution in [3.8, 4) is 11.5 Å². The lowest BCUT2D eigenvalue weighted by molar-refractivity contribution is -0.123. The predicted molar refractivity (Wildman–Crippen MR) is 126 cm³/mol. The van der Waals surface area contributed by atoms with Gasteiger partial charge in [-0.25, -0.2) is 5.43 Å². The van der Waals surface area contributed by atoms with Crippen molar-refractivity contribution in [3.63, 3.8) is 0 Å². The lowest BCUT2D eigenvalue weighted by Crippen LogP contribution is -2.24. The van der Waals surface area contributed by atoms with Gasteiger partial charge in [-0.3, -0.25) is 4.79 Å². The lowest BCUT2D eigenvalue weighted by atomic mass is 9.78. The molecule has 7 heteroatoms. The molecule has 2 aromatic rings. The number of carbonyl (C=O) groups excluding carboxylic acids is 1. The van der Waals surface area contributed by atoms with Gasteiger partial charge in [0.1, 0.15) is 11.5 Å². The predicted octanol–water partition coefficient (Wildman–Crippen LogP) is 5.93. The number of phenolic OH excluding ortho intramolecular Hbond substituents is 1. The molecule has 5 nitrogen and oxygen atoms in total. The highest BCUT2D eigenvalue weighted by atomic mass is 79.9. The van der Waals surface area contributed by atoms with Crippen LogP contribution in [0, 0.1) is 0 Å². The van der Waals surface area contributed by atoms with E-state index in [1.165, 1.54) is 0 Å². The summed E-state index contributed by atoms with van der Waals surface area (Å²) in [6, 6.07) is 8.84. The summed E-state index contributed by atoms with van der Waals surface area (Å²) in [5.74, 6) is 0.429. The van der Waals surface area contributed by atoms with E-state index >= 15 is 0 Å². The van der Waals surface area contributed by atoms with Crippen molar-refractivity contribution in [2.45, 2.75) is 52.4 Å². The van der Waals surface area contributed by atoms with Gasteiger partial charge in [0.15, 0.2) is 6.61 Å². The number of nitrogens with zero attached hydrogens (tertiary/aromatic N) is 1. The SMILES string of the molecule is CC(C)(C)c1cc(/C=N/NC(=O)COc2ccc(Cl)cc2Br)cc(C(C)(C)C)c1O. The molecule has 2 aromatic carbocycles. The first-order chi connectivity index (χ1) is 13.8. The minimum Gasteiger partial charge on any atom is -0.507 e. The third-order valence-electron chi connectivity index (χ3n) is 4.40. The second-order valence-electron chi connectivity index (χ2n) is 9.12. The number of hydrogen-bond donors (Lipinski definition) is 2. The number of nitrogens with one attached hydrogen (secondary N) is 1.